The van der Waals surface area contributed by atoms with Gasteiger partial charge in [0.05, 0.1) is 4.88 Å². The number of carbonyl (C=O) groups is 1. The number of nitrogens with zero attached hydrogens (tertiary/aromatic N) is 2. The first-order valence-corrected chi connectivity index (χ1v) is 7.33. The maximum atomic E-state index is 12.2. The summed E-state index contributed by atoms with van der Waals surface area (Å²) < 4.78 is 45.7. The van der Waals surface area contributed by atoms with Crippen molar-refractivity contribution in [3.8, 4) is 16.5 Å². The van der Waals surface area contributed by atoms with Crippen LogP contribution in [0.15, 0.2) is 46.2 Å². The lowest BCUT2D eigenvalue weighted by Gasteiger charge is -2.09. The zero-order valence-corrected chi connectivity index (χ0v) is 12.5. The first kappa shape index (κ1) is 16.0. The van der Waals surface area contributed by atoms with E-state index in [1.165, 1.54) is 23.5 Å². The highest BCUT2D eigenvalue weighted by atomic mass is 32.1. The molecule has 0 fully saturated rings. The lowest BCUT2D eigenvalue weighted by Crippen LogP contribution is -2.18. The minimum absolute atomic E-state index is 0.0485. The SMILES string of the molecule is O=C(Nc1nnc(-c2cccs2)o1)c1cccc(OC(F)(F)F)c1. The number of alkyl halides is 3. The van der Waals surface area contributed by atoms with Crippen LogP contribution in [-0.2, 0) is 0 Å². The fourth-order valence-corrected chi connectivity index (χ4v) is 2.42. The molecule has 3 rings (SSSR count). The number of hydrogen-bond acceptors (Lipinski definition) is 6. The van der Waals surface area contributed by atoms with Crippen LogP contribution in [0.2, 0.25) is 0 Å². The Kier molecular flexibility index (Phi) is 4.21. The van der Waals surface area contributed by atoms with Gasteiger partial charge in [0.1, 0.15) is 5.75 Å². The minimum atomic E-state index is -4.84. The second kappa shape index (κ2) is 6.32. The van der Waals surface area contributed by atoms with Crippen LogP contribution in [0.25, 0.3) is 10.8 Å². The van der Waals surface area contributed by atoms with Gasteiger partial charge >= 0.3 is 12.4 Å². The molecule has 0 radical (unpaired) electrons. The average molecular weight is 355 g/mol. The van der Waals surface area contributed by atoms with E-state index in [1.54, 1.807) is 12.1 Å². The number of rotatable bonds is 4. The molecule has 2 aromatic heterocycles. The van der Waals surface area contributed by atoms with Crippen molar-refractivity contribution >= 4 is 23.3 Å². The Balaban J connectivity index is 1.72. The van der Waals surface area contributed by atoms with Gasteiger partial charge in [-0.1, -0.05) is 17.2 Å². The van der Waals surface area contributed by atoms with Crippen LogP contribution < -0.4 is 10.1 Å². The molecule has 24 heavy (non-hydrogen) atoms. The van der Waals surface area contributed by atoms with Crippen LogP contribution in [-0.4, -0.2) is 22.5 Å². The van der Waals surface area contributed by atoms with Crippen LogP contribution in [0.3, 0.4) is 0 Å². The summed E-state index contributed by atoms with van der Waals surface area (Å²) in [5.41, 5.74) is -0.0485. The van der Waals surface area contributed by atoms with Gasteiger partial charge in [0.25, 0.3) is 11.8 Å². The van der Waals surface area contributed by atoms with E-state index in [9.17, 15) is 18.0 Å². The van der Waals surface area contributed by atoms with E-state index < -0.39 is 18.0 Å². The first-order valence-electron chi connectivity index (χ1n) is 6.45. The van der Waals surface area contributed by atoms with Crippen molar-refractivity contribution < 1.29 is 27.1 Å². The topological polar surface area (TPSA) is 77.3 Å². The molecule has 0 saturated carbocycles. The Morgan fingerprint density at radius 2 is 2.04 bits per heavy atom. The third kappa shape index (κ3) is 3.90. The molecule has 3 aromatic rings. The zero-order valence-electron chi connectivity index (χ0n) is 11.7. The molecule has 1 N–H and O–H groups in total. The van der Waals surface area contributed by atoms with E-state index in [1.807, 2.05) is 5.38 Å². The first-order chi connectivity index (χ1) is 11.4. The Morgan fingerprint density at radius 1 is 1.21 bits per heavy atom. The summed E-state index contributed by atoms with van der Waals surface area (Å²) in [5, 5.41) is 11.6. The molecule has 0 aliphatic rings. The number of nitrogens with one attached hydrogen (secondary N) is 1. The molecule has 0 bridgehead atoms. The Morgan fingerprint density at radius 3 is 2.75 bits per heavy atom. The molecule has 2 heterocycles. The van der Waals surface area contributed by atoms with Gasteiger partial charge in [-0.05, 0) is 29.6 Å². The predicted octanol–water partition coefficient (Wildman–Crippen LogP) is 3.95. The second-order valence-corrected chi connectivity index (χ2v) is 5.37. The van der Waals surface area contributed by atoms with Crippen LogP contribution in [0, 0.1) is 0 Å². The maximum absolute atomic E-state index is 12.2. The van der Waals surface area contributed by atoms with Crippen molar-refractivity contribution in [1.29, 1.82) is 0 Å². The van der Waals surface area contributed by atoms with Gasteiger partial charge in [-0.3, -0.25) is 10.1 Å². The van der Waals surface area contributed by atoms with E-state index in [2.05, 4.69) is 20.3 Å². The third-order valence-electron chi connectivity index (χ3n) is 2.71. The third-order valence-corrected chi connectivity index (χ3v) is 3.57. The largest absolute Gasteiger partial charge is 0.573 e. The van der Waals surface area contributed by atoms with Crippen LogP contribution in [0.1, 0.15) is 10.4 Å². The number of hydrogen-bond donors (Lipinski definition) is 1. The molecule has 0 atom stereocenters. The molecule has 6 nitrogen and oxygen atoms in total. The molecular formula is C14H8F3N3O3S. The molecule has 0 spiro atoms. The number of carbonyl (C=O) groups excluding carboxylic acids is 1. The monoisotopic (exact) mass is 355 g/mol. The Labute approximate surface area is 136 Å². The fraction of sp³-hybridized carbons (Fsp3) is 0.0714. The molecule has 0 aliphatic heterocycles. The van der Waals surface area contributed by atoms with E-state index in [-0.39, 0.29) is 17.5 Å². The smallest absolute Gasteiger partial charge is 0.406 e. The highest BCUT2D eigenvalue weighted by Crippen LogP contribution is 2.25. The summed E-state index contributed by atoms with van der Waals surface area (Å²) in [6.07, 6.45) is -4.84. The van der Waals surface area contributed by atoms with Crippen molar-refractivity contribution in [3.63, 3.8) is 0 Å². The Hall–Kier alpha value is -2.88. The lowest BCUT2D eigenvalue weighted by atomic mass is 10.2. The molecule has 1 aromatic carbocycles. The maximum Gasteiger partial charge on any atom is 0.573 e. The van der Waals surface area contributed by atoms with Gasteiger partial charge in [0.2, 0.25) is 0 Å². The van der Waals surface area contributed by atoms with Crippen LogP contribution in [0.4, 0.5) is 19.2 Å². The van der Waals surface area contributed by atoms with Gasteiger partial charge in [-0.2, -0.15) is 0 Å². The highest BCUT2D eigenvalue weighted by molar-refractivity contribution is 7.13. The molecule has 124 valence electrons. The molecular weight excluding hydrogens is 347 g/mol. The average Bonchev–Trinajstić information content (AvgIpc) is 3.16. The summed E-state index contributed by atoms with van der Waals surface area (Å²) >= 11 is 1.38. The second-order valence-electron chi connectivity index (χ2n) is 4.42. The summed E-state index contributed by atoms with van der Waals surface area (Å²) in [4.78, 5) is 12.8. The number of thiophene rings is 1. The molecule has 1 amide bonds. The van der Waals surface area contributed by atoms with Crippen molar-refractivity contribution in [2.45, 2.75) is 6.36 Å². The van der Waals surface area contributed by atoms with E-state index in [0.29, 0.717) is 0 Å². The molecule has 0 unspecified atom stereocenters. The standard InChI is InChI=1S/C14H8F3N3O3S/c15-14(16,17)23-9-4-1-3-8(7-9)11(21)18-13-20-19-12(22-13)10-5-2-6-24-10/h1-7H,(H,18,20,21). The number of benzene rings is 1. The minimum Gasteiger partial charge on any atom is -0.406 e. The van der Waals surface area contributed by atoms with Crippen molar-refractivity contribution in [2.24, 2.45) is 0 Å². The van der Waals surface area contributed by atoms with E-state index >= 15 is 0 Å². The van der Waals surface area contributed by atoms with Crippen molar-refractivity contribution in [3.05, 3.63) is 47.3 Å². The lowest BCUT2D eigenvalue weighted by molar-refractivity contribution is -0.274. The van der Waals surface area contributed by atoms with Gasteiger partial charge in [-0.15, -0.1) is 29.6 Å². The number of ether oxygens (including phenoxy) is 1. The van der Waals surface area contributed by atoms with Crippen LogP contribution >= 0.6 is 11.3 Å². The summed E-state index contributed by atoms with van der Waals surface area (Å²) in [6, 6.07) is 8.04. The van der Waals surface area contributed by atoms with Crippen molar-refractivity contribution in [1.82, 2.24) is 10.2 Å². The number of amides is 1. The number of aromatic nitrogens is 2. The summed E-state index contributed by atoms with van der Waals surface area (Å²) in [7, 11) is 0. The quantitative estimate of drug-likeness (QED) is 0.767. The van der Waals surface area contributed by atoms with Gasteiger partial charge < -0.3 is 9.15 Å². The molecule has 10 heteroatoms. The van der Waals surface area contributed by atoms with Crippen molar-refractivity contribution in [2.75, 3.05) is 5.32 Å². The van der Waals surface area contributed by atoms with E-state index in [4.69, 9.17) is 4.42 Å². The van der Waals surface area contributed by atoms with Crippen LogP contribution in [0.5, 0.6) is 5.75 Å². The van der Waals surface area contributed by atoms with Gasteiger partial charge in [-0.25, -0.2) is 0 Å². The fourth-order valence-electron chi connectivity index (χ4n) is 1.78. The zero-order chi connectivity index (χ0) is 17.2. The highest BCUT2D eigenvalue weighted by Gasteiger charge is 2.31. The van der Waals surface area contributed by atoms with Gasteiger partial charge in [0.15, 0.2) is 0 Å². The van der Waals surface area contributed by atoms with Gasteiger partial charge in [0, 0.05) is 5.56 Å². The normalized spacial score (nSPS) is 11.3. The summed E-state index contributed by atoms with van der Waals surface area (Å²) in [5.74, 6) is -0.974. The number of anilines is 1. The van der Waals surface area contributed by atoms with E-state index in [0.717, 1.165) is 17.0 Å². The Bertz CT molecular complexity index is 846. The molecule has 0 saturated heterocycles. The molecule has 0 aliphatic carbocycles. The number of halogens is 3. The predicted molar refractivity (Wildman–Crippen MR) is 78.7 cm³/mol. The summed E-state index contributed by atoms with van der Waals surface area (Å²) in [6.45, 7) is 0.